The summed E-state index contributed by atoms with van der Waals surface area (Å²) in [6.45, 7) is 2.09. The smallest absolute Gasteiger partial charge is 0.107 e. The molecule has 5 nitrogen and oxygen atoms in total. The van der Waals surface area contributed by atoms with E-state index < -0.39 is 10.2 Å². The molecule has 1 rings (SSSR count). The van der Waals surface area contributed by atoms with Crippen molar-refractivity contribution in [2.45, 2.75) is 13.0 Å². The van der Waals surface area contributed by atoms with Crippen molar-refractivity contribution in [3.63, 3.8) is 0 Å². The Bertz CT molecular complexity index is 241. The molecule has 14 heavy (non-hydrogen) atoms. The monoisotopic (exact) mass is 221 g/mol. The standard InChI is InChI=1S/C8H11N.ClHO4/c1-7(9)8-5-3-2-4-6-8;2-1(3,4)5/h2-7H,9H2,1H3;(H,2,3,4,5)/t7-;/m0./s1. The third-order valence-corrected chi connectivity index (χ3v) is 1.37. The number of rotatable bonds is 1. The third kappa shape index (κ3) is 9.40. The Morgan fingerprint density at radius 3 is 1.64 bits per heavy atom. The largest absolute Gasteiger partial charge is 0.352 e. The van der Waals surface area contributed by atoms with Crippen LogP contribution in [0.2, 0.25) is 0 Å². The minimum Gasteiger partial charge on any atom is -0.352 e. The van der Waals surface area contributed by atoms with Crippen molar-refractivity contribution >= 4 is 0 Å². The van der Waals surface area contributed by atoms with Gasteiger partial charge in [0.2, 0.25) is 0 Å². The molecule has 1 aromatic rings. The van der Waals surface area contributed by atoms with Gasteiger partial charge in [0.15, 0.2) is 0 Å². The van der Waals surface area contributed by atoms with Gasteiger partial charge in [0, 0.05) is 5.56 Å². The maximum atomic E-state index is 8.49. The summed E-state index contributed by atoms with van der Waals surface area (Å²) in [7, 11) is -4.94. The Hall–Kier alpha value is -0.690. The molecule has 0 unspecified atom stereocenters. The van der Waals surface area contributed by atoms with Crippen LogP contribution in [0.1, 0.15) is 18.5 Å². The van der Waals surface area contributed by atoms with E-state index in [-0.39, 0.29) is 0 Å². The van der Waals surface area contributed by atoms with E-state index in [1.54, 1.807) is 0 Å². The topological polar surface area (TPSA) is 120 Å². The van der Waals surface area contributed by atoms with Crippen LogP contribution in [0.25, 0.3) is 0 Å². The number of hydrogen-bond acceptors (Lipinski definition) is 4. The second-order valence-electron chi connectivity index (χ2n) is 2.69. The fraction of sp³-hybridized carbons (Fsp3) is 0.250. The summed E-state index contributed by atoms with van der Waals surface area (Å²) in [6.07, 6.45) is 0. The highest BCUT2D eigenvalue weighted by Gasteiger charge is 1.97. The van der Waals surface area contributed by atoms with Crippen LogP contribution >= 0.6 is 0 Å². The van der Waals surface area contributed by atoms with E-state index in [0.717, 1.165) is 0 Å². The van der Waals surface area contributed by atoms with E-state index in [0.29, 0.717) is 6.04 Å². The van der Waals surface area contributed by atoms with Gasteiger partial charge in [-0.2, -0.15) is 0 Å². The van der Waals surface area contributed by atoms with Crippen LogP contribution in [-0.4, -0.2) is 0 Å². The van der Waals surface area contributed by atoms with E-state index in [2.05, 4.69) is 24.8 Å². The maximum Gasteiger partial charge on any atom is 0.107 e. The van der Waals surface area contributed by atoms with Gasteiger partial charge in [0.1, 0.15) is 6.04 Å². The fourth-order valence-corrected chi connectivity index (χ4v) is 0.782. The fourth-order valence-electron chi connectivity index (χ4n) is 0.782. The predicted octanol–water partition coefficient (Wildman–Crippen LogP) is -3.77. The molecule has 6 heteroatoms. The number of hydrogen-bond donors (Lipinski definition) is 1. The minimum atomic E-state index is -4.94. The Labute approximate surface area is 84.1 Å². The molecule has 0 fully saturated rings. The SMILES string of the molecule is C[C@H]([NH3+])c1ccccc1.[O-][Cl+3]([O-])([O-])[O-]. The lowest BCUT2D eigenvalue weighted by Gasteiger charge is -2.17. The molecule has 0 heterocycles. The molecule has 3 N–H and O–H groups in total. The first-order chi connectivity index (χ1) is 6.30. The van der Waals surface area contributed by atoms with E-state index in [1.165, 1.54) is 5.56 Å². The number of benzene rings is 1. The van der Waals surface area contributed by atoms with Gasteiger partial charge >= 0.3 is 0 Å². The number of halogens is 1. The van der Waals surface area contributed by atoms with Crippen LogP contribution in [-0.2, 0) is 0 Å². The van der Waals surface area contributed by atoms with Gasteiger partial charge in [-0.3, -0.25) is 0 Å². The molecule has 1 atom stereocenters. The Morgan fingerprint density at radius 1 is 1.07 bits per heavy atom. The summed E-state index contributed by atoms with van der Waals surface area (Å²) in [5.74, 6) is 0. The Balaban J connectivity index is 0.000000292. The van der Waals surface area contributed by atoms with Crippen LogP contribution in [0.3, 0.4) is 0 Å². The van der Waals surface area contributed by atoms with Gasteiger partial charge in [-0.25, -0.2) is 18.6 Å². The highest BCUT2D eigenvalue weighted by Crippen LogP contribution is 2.04. The maximum absolute atomic E-state index is 8.49. The predicted molar refractivity (Wildman–Crippen MR) is 37.7 cm³/mol. The van der Waals surface area contributed by atoms with Crippen molar-refractivity contribution in [3.8, 4) is 0 Å². The molecule has 80 valence electrons. The molecule has 0 amide bonds. The van der Waals surface area contributed by atoms with Crippen molar-refractivity contribution in [2.24, 2.45) is 0 Å². The highest BCUT2D eigenvalue weighted by molar-refractivity contribution is 5.15. The molecule has 0 saturated heterocycles. The molecule has 0 radical (unpaired) electrons. The summed E-state index contributed by atoms with van der Waals surface area (Å²) in [6, 6.07) is 10.7. The van der Waals surface area contributed by atoms with Crippen molar-refractivity contribution in [2.75, 3.05) is 0 Å². The van der Waals surface area contributed by atoms with Gasteiger partial charge in [0.05, 0.1) is 0 Å². The van der Waals surface area contributed by atoms with Crippen molar-refractivity contribution in [3.05, 3.63) is 35.9 Å². The zero-order chi connectivity index (χ0) is 11.2. The van der Waals surface area contributed by atoms with Crippen LogP contribution in [0, 0.1) is 10.2 Å². The van der Waals surface area contributed by atoms with Crippen molar-refractivity contribution < 1.29 is 34.6 Å². The first-order valence-corrected chi connectivity index (χ1v) is 5.04. The molecule has 0 bridgehead atoms. The average molecular weight is 222 g/mol. The zero-order valence-electron chi connectivity index (χ0n) is 7.68. The van der Waals surface area contributed by atoms with Crippen LogP contribution in [0.4, 0.5) is 0 Å². The zero-order valence-corrected chi connectivity index (χ0v) is 8.44. The van der Waals surface area contributed by atoms with E-state index >= 15 is 0 Å². The first-order valence-electron chi connectivity index (χ1n) is 3.80. The lowest BCUT2D eigenvalue weighted by Crippen LogP contribution is -2.68. The first kappa shape index (κ1) is 13.3. The molecule has 0 spiro atoms. The second-order valence-corrected chi connectivity index (χ2v) is 3.45. The van der Waals surface area contributed by atoms with Crippen LogP contribution in [0.5, 0.6) is 0 Å². The summed E-state index contributed by atoms with van der Waals surface area (Å²) in [4.78, 5) is 0. The van der Waals surface area contributed by atoms with E-state index in [9.17, 15) is 0 Å². The van der Waals surface area contributed by atoms with Crippen LogP contribution < -0.4 is 24.4 Å². The van der Waals surface area contributed by atoms with Gasteiger partial charge in [-0.05, 0) is 6.92 Å². The third-order valence-electron chi connectivity index (χ3n) is 1.37. The highest BCUT2D eigenvalue weighted by atomic mass is 35.7. The van der Waals surface area contributed by atoms with E-state index in [1.807, 2.05) is 18.2 Å². The molecular weight excluding hydrogens is 210 g/mol. The Morgan fingerprint density at radius 2 is 1.43 bits per heavy atom. The summed E-state index contributed by atoms with van der Waals surface area (Å²) in [5, 5.41) is 0. The normalized spacial score (nSPS) is 12.7. The molecule has 0 aliphatic carbocycles. The molecule has 1 aromatic carbocycles. The van der Waals surface area contributed by atoms with Crippen molar-refractivity contribution in [1.29, 1.82) is 0 Å². The molecule has 0 aliphatic heterocycles. The minimum absolute atomic E-state index is 0.409. The van der Waals surface area contributed by atoms with Crippen LogP contribution in [0.15, 0.2) is 30.3 Å². The van der Waals surface area contributed by atoms with Gasteiger partial charge in [0.25, 0.3) is 0 Å². The van der Waals surface area contributed by atoms with Gasteiger partial charge in [-0.1, -0.05) is 30.3 Å². The van der Waals surface area contributed by atoms with E-state index in [4.69, 9.17) is 18.6 Å². The molecule has 0 aromatic heterocycles. The average Bonchev–Trinajstić information content (AvgIpc) is 2.03. The Kier molecular flexibility index (Phi) is 5.63. The molecular formula is C8H12ClNO4. The summed E-state index contributed by atoms with van der Waals surface area (Å²) >= 11 is 0. The quantitative estimate of drug-likeness (QED) is 0.523. The molecule has 0 saturated carbocycles. The lowest BCUT2D eigenvalue weighted by molar-refractivity contribution is -2.00. The van der Waals surface area contributed by atoms with Crippen molar-refractivity contribution in [1.82, 2.24) is 0 Å². The lowest BCUT2D eigenvalue weighted by atomic mass is 10.1. The van der Waals surface area contributed by atoms with Gasteiger partial charge < -0.3 is 5.73 Å². The summed E-state index contributed by atoms with van der Waals surface area (Å²) in [5.41, 5.74) is 5.21. The van der Waals surface area contributed by atoms with Gasteiger partial charge in [-0.15, -0.1) is 10.2 Å². The summed E-state index contributed by atoms with van der Waals surface area (Å²) < 4.78 is 34.0. The molecule has 0 aliphatic rings. The second kappa shape index (κ2) is 5.92. The number of quaternary nitrogens is 1.